The summed E-state index contributed by atoms with van der Waals surface area (Å²) in [6, 6.07) is 12.4. The van der Waals surface area contributed by atoms with Gasteiger partial charge in [-0.15, -0.1) is 0 Å². The summed E-state index contributed by atoms with van der Waals surface area (Å²) in [7, 11) is 0. The van der Waals surface area contributed by atoms with Crippen LogP contribution in [0.1, 0.15) is 113 Å². The van der Waals surface area contributed by atoms with Crippen molar-refractivity contribution in [2.24, 2.45) is 0 Å². The molecule has 0 radical (unpaired) electrons. The molecule has 39 heavy (non-hydrogen) atoms. The molecule has 0 heterocycles. The Kier molecular flexibility index (Phi) is 16.5. The van der Waals surface area contributed by atoms with E-state index in [1.807, 2.05) is 18.2 Å². The van der Waals surface area contributed by atoms with E-state index in [1.54, 1.807) is 0 Å². The van der Waals surface area contributed by atoms with Crippen molar-refractivity contribution in [1.29, 1.82) is 0 Å². The van der Waals surface area contributed by atoms with Crippen molar-refractivity contribution < 1.29 is 19.4 Å². The van der Waals surface area contributed by atoms with Gasteiger partial charge in [-0.3, -0.25) is 9.59 Å². The summed E-state index contributed by atoms with van der Waals surface area (Å²) in [4.78, 5) is 21.9. The quantitative estimate of drug-likeness (QED) is 0.119. The third-order valence-corrected chi connectivity index (χ3v) is 7.87. The van der Waals surface area contributed by atoms with Gasteiger partial charge in [-0.2, -0.15) is 0 Å². The molecule has 4 nitrogen and oxygen atoms in total. The summed E-state index contributed by atoms with van der Waals surface area (Å²) in [6.07, 6.45) is 16.8. The Hall–Kier alpha value is -1.23. The SMILES string of the molecule is CCCCCC(=O)Cl.CCCCCC(=O)OC1CC=Cc2cc(I)ccc21.OC1CC=Cc2cc(I)ccc21. The molecular weight excluding hydrogens is 738 g/mol. The van der Waals surface area contributed by atoms with Gasteiger partial charge in [0.15, 0.2) is 0 Å². The van der Waals surface area contributed by atoms with Crippen LogP contribution in [0.3, 0.4) is 0 Å². The molecule has 2 aromatic carbocycles. The van der Waals surface area contributed by atoms with Gasteiger partial charge in [-0.25, -0.2) is 0 Å². The fourth-order valence-corrected chi connectivity index (χ4v) is 5.40. The second kappa shape index (κ2) is 19.0. The van der Waals surface area contributed by atoms with Crippen LogP contribution in [-0.2, 0) is 14.3 Å². The van der Waals surface area contributed by atoms with Crippen molar-refractivity contribution in [3.05, 3.63) is 77.9 Å². The molecule has 0 spiro atoms. The topological polar surface area (TPSA) is 63.6 Å². The number of fused-ring (bicyclic) bond motifs is 2. The normalized spacial score (nSPS) is 16.6. The first-order valence-electron chi connectivity index (χ1n) is 13.7. The van der Waals surface area contributed by atoms with Crippen molar-refractivity contribution in [3.8, 4) is 0 Å². The van der Waals surface area contributed by atoms with E-state index in [4.69, 9.17) is 16.3 Å². The van der Waals surface area contributed by atoms with Gasteiger partial charge >= 0.3 is 5.97 Å². The average molecular weight is 777 g/mol. The maximum absolute atomic E-state index is 11.8. The Bertz CT molecular complexity index is 1130. The largest absolute Gasteiger partial charge is 0.457 e. The van der Waals surface area contributed by atoms with Crippen molar-refractivity contribution in [3.63, 3.8) is 0 Å². The highest BCUT2D eigenvalue weighted by Gasteiger charge is 2.20. The number of benzene rings is 2. The minimum Gasteiger partial charge on any atom is -0.457 e. The van der Waals surface area contributed by atoms with Gasteiger partial charge in [0.05, 0.1) is 6.10 Å². The number of hydrogen-bond donors (Lipinski definition) is 1. The number of aliphatic hydroxyl groups is 1. The number of aliphatic hydroxyl groups excluding tert-OH is 1. The summed E-state index contributed by atoms with van der Waals surface area (Å²) in [5.41, 5.74) is 4.51. The van der Waals surface area contributed by atoms with Gasteiger partial charge in [0.2, 0.25) is 5.24 Å². The molecule has 0 amide bonds. The first-order chi connectivity index (χ1) is 18.7. The molecule has 7 heteroatoms. The summed E-state index contributed by atoms with van der Waals surface area (Å²) in [5, 5.41) is 9.39. The highest BCUT2D eigenvalue weighted by molar-refractivity contribution is 14.1. The summed E-state index contributed by atoms with van der Waals surface area (Å²) >= 11 is 9.65. The van der Waals surface area contributed by atoms with Gasteiger partial charge < -0.3 is 9.84 Å². The standard InChI is InChI=1S/C16H19IO2.C10H9IO.C6H11ClO/c1-2-3-4-8-16(18)19-15-7-5-6-12-11-13(17)9-10-14(12)15;11-8-4-5-9-7(6-8)2-1-3-10(9)12;1-2-3-4-5-6(7)8/h5-6,9-11,15H,2-4,7-8H2,1H3;1-2,4-6,10,12H,3H2;2-5H2,1H3. The smallest absolute Gasteiger partial charge is 0.306 e. The lowest BCUT2D eigenvalue weighted by Gasteiger charge is -2.22. The van der Waals surface area contributed by atoms with Crippen molar-refractivity contribution in [2.45, 2.75) is 90.3 Å². The number of ether oxygens (including phenoxy) is 1. The molecule has 0 saturated heterocycles. The molecule has 0 aromatic heterocycles. The highest BCUT2D eigenvalue weighted by Crippen LogP contribution is 2.32. The zero-order valence-corrected chi connectivity index (χ0v) is 27.9. The highest BCUT2D eigenvalue weighted by atomic mass is 127. The van der Waals surface area contributed by atoms with E-state index < -0.39 is 0 Å². The maximum Gasteiger partial charge on any atom is 0.306 e. The molecule has 4 rings (SSSR count). The van der Waals surface area contributed by atoms with Crippen LogP contribution in [0, 0.1) is 7.14 Å². The Morgan fingerprint density at radius 2 is 1.38 bits per heavy atom. The first kappa shape index (κ1) is 34.0. The lowest BCUT2D eigenvalue weighted by atomic mass is 9.95. The van der Waals surface area contributed by atoms with E-state index in [-0.39, 0.29) is 23.4 Å². The number of esters is 1. The summed E-state index contributed by atoms with van der Waals surface area (Å²) in [6.45, 7) is 4.23. The lowest BCUT2D eigenvalue weighted by molar-refractivity contribution is -0.149. The molecule has 0 saturated carbocycles. The molecule has 2 aliphatic rings. The van der Waals surface area contributed by atoms with Crippen molar-refractivity contribution in [1.82, 2.24) is 0 Å². The van der Waals surface area contributed by atoms with Gasteiger partial charge in [0.1, 0.15) is 6.10 Å². The summed E-state index contributed by atoms with van der Waals surface area (Å²) < 4.78 is 8.03. The van der Waals surface area contributed by atoms with E-state index in [9.17, 15) is 14.7 Å². The third kappa shape index (κ3) is 12.9. The van der Waals surface area contributed by atoms with E-state index >= 15 is 0 Å². The molecule has 2 aromatic rings. The fraction of sp³-hybridized carbons (Fsp3) is 0.438. The molecule has 212 valence electrons. The number of carbonyl (C=O) groups is 2. The second-order valence-electron chi connectivity index (χ2n) is 9.59. The van der Waals surface area contributed by atoms with E-state index in [0.29, 0.717) is 12.8 Å². The molecule has 2 atom stereocenters. The van der Waals surface area contributed by atoms with Crippen LogP contribution in [0.4, 0.5) is 0 Å². The Labute approximate surface area is 265 Å². The first-order valence-corrected chi connectivity index (χ1v) is 16.3. The monoisotopic (exact) mass is 776 g/mol. The molecule has 0 bridgehead atoms. The van der Waals surface area contributed by atoms with E-state index in [2.05, 4.69) is 102 Å². The fourth-order valence-electron chi connectivity index (χ4n) is 4.24. The Morgan fingerprint density at radius 1 is 0.846 bits per heavy atom. The number of halogens is 3. The molecule has 0 aliphatic heterocycles. The number of hydrogen-bond acceptors (Lipinski definition) is 4. The van der Waals surface area contributed by atoms with Crippen LogP contribution in [0.15, 0.2) is 48.6 Å². The lowest BCUT2D eigenvalue weighted by Crippen LogP contribution is -2.13. The Balaban J connectivity index is 0.000000228. The Morgan fingerprint density at radius 3 is 1.97 bits per heavy atom. The van der Waals surface area contributed by atoms with Crippen LogP contribution < -0.4 is 0 Å². The van der Waals surface area contributed by atoms with E-state index in [1.165, 1.54) is 12.7 Å². The second-order valence-corrected chi connectivity index (χ2v) is 12.5. The molecule has 0 fully saturated rings. The van der Waals surface area contributed by atoms with E-state index in [0.717, 1.165) is 68.1 Å². The van der Waals surface area contributed by atoms with Crippen LogP contribution in [0.5, 0.6) is 0 Å². The van der Waals surface area contributed by atoms with Crippen molar-refractivity contribution in [2.75, 3.05) is 0 Å². The number of rotatable bonds is 9. The zero-order chi connectivity index (χ0) is 28.6. The minimum absolute atomic E-state index is 0.0711. The van der Waals surface area contributed by atoms with Crippen LogP contribution in [0.2, 0.25) is 0 Å². The summed E-state index contributed by atoms with van der Waals surface area (Å²) in [5.74, 6) is -0.0711. The number of unbranched alkanes of at least 4 members (excludes halogenated alkanes) is 4. The van der Waals surface area contributed by atoms with Crippen LogP contribution >= 0.6 is 56.8 Å². The van der Waals surface area contributed by atoms with Gasteiger partial charge in [-0.05, 0) is 117 Å². The zero-order valence-electron chi connectivity index (χ0n) is 22.8. The van der Waals surface area contributed by atoms with Crippen LogP contribution in [0.25, 0.3) is 12.2 Å². The average Bonchev–Trinajstić information content (AvgIpc) is 2.89. The molecule has 2 aliphatic carbocycles. The molecule has 1 N–H and O–H groups in total. The van der Waals surface area contributed by atoms with Gasteiger partial charge in [0, 0.05) is 32.0 Å². The van der Waals surface area contributed by atoms with Gasteiger partial charge in [0.25, 0.3) is 0 Å². The molecule has 2 unspecified atom stereocenters. The van der Waals surface area contributed by atoms with Crippen LogP contribution in [-0.4, -0.2) is 16.3 Å². The van der Waals surface area contributed by atoms with Gasteiger partial charge in [-0.1, -0.05) is 76.0 Å². The number of carbonyl (C=O) groups excluding carboxylic acids is 2. The van der Waals surface area contributed by atoms with Crippen molar-refractivity contribution >= 4 is 80.1 Å². The minimum atomic E-state index is -0.304. The predicted octanol–water partition coefficient (Wildman–Crippen LogP) is 9.95. The maximum atomic E-state index is 11.8. The third-order valence-electron chi connectivity index (χ3n) is 6.34. The molecular formula is C32H39ClI2O4. The predicted molar refractivity (Wildman–Crippen MR) is 179 cm³/mol.